The Labute approximate surface area is 252 Å². The molecule has 6 heterocycles. The van der Waals surface area contributed by atoms with Gasteiger partial charge in [-0.05, 0) is 0 Å². The first-order valence-corrected chi connectivity index (χ1v) is 15.8. The van der Waals surface area contributed by atoms with Gasteiger partial charge in [-0.3, -0.25) is 22.7 Å². The van der Waals surface area contributed by atoms with Gasteiger partial charge >= 0.3 is 16.1 Å². The lowest BCUT2D eigenvalue weighted by atomic mass is 10.1. The number of rotatable bonds is 11. The molecule has 2 aliphatic heterocycles. The molecule has 2 fully saturated rings. The summed E-state index contributed by atoms with van der Waals surface area (Å²) in [5.41, 5.74) is 6.87. The van der Waals surface area contributed by atoms with Gasteiger partial charge in [0.25, 0.3) is 0 Å². The van der Waals surface area contributed by atoms with Gasteiger partial charge in [-0.2, -0.15) is 0 Å². The lowest BCUT2D eigenvalue weighted by molar-refractivity contribution is -0.159. The van der Waals surface area contributed by atoms with Crippen LogP contribution in [0.5, 0.6) is 0 Å². The summed E-state index contributed by atoms with van der Waals surface area (Å²) in [6, 6.07) is 0. The van der Waals surface area contributed by atoms with Gasteiger partial charge in [0.05, 0.1) is 19.3 Å². The van der Waals surface area contributed by atoms with Crippen LogP contribution in [0.2, 0.25) is 0 Å². The number of phosphoric ester groups is 1. The third kappa shape index (κ3) is 5.91. The number of methoxy groups -OCH3 is 1. The number of nitrogens with two attached hydrogens (primary N) is 1. The normalized spacial score (nSPS) is 30.6. The highest BCUT2D eigenvalue weighted by Crippen LogP contribution is 2.50. The maximum atomic E-state index is 13.1. The van der Waals surface area contributed by atoms with Gasteiger partial charge in [0, 0.05) is 14.2 Å². The van der Waals surface area contributed by atoms with Gasteiger partial charge in [0.2, 0.25) is 0 Å². The van der Waals surface area contributed by atoms with Crippen molar-refractivity contribution in [2.45, 2.75) is 49.3 Å². The third-order valence-electron chi connectivity index (χ3n) is 7.14. The van der Waals surface area contributed by atoms with E-state index in [0.29, 0.717) is 11.3 Å². The third-order valence-corrected chi connectivity index (χ3v) is 8.60. The van der Waals surface area contributed by atoms with Crippen molar-refractivity contribution >= 4 is 50.0 Å². The molecule has 22 nitrogen and oxygen atoms in total. The molecule has 10 atom stereocenters. The molecular formula is C21H28N10O12P2. The maximum absolute atomic E-state index is 13.1. The van der Waals surface area contributed by atoms with Gasteiger partial charge < -0.3 is 49.8 Å². The smallest absolute Gasteiger partial charge is 0.386 e. The molecule has 0 bridgehead atoms. The van der Waals surface area contributed by atoms with Gasteiger partial charge in [-0.15, -0.1) is 0 Å². The molecule has 7 N–H and O–H groups in total. The number of nitrogens with one attached hydrogen (secondary N) is 1. The molecular weight excluding hydrogens is 646 g/mol. The van der Waals surface area contributed by atoms with E-state index < -0.39 is 72.0 Å². The van der Waals surface area contributed by atoms with E-state index in [1.165, 1.54) is 41.6 Å². The van der Waals surface area contributed by atoms with E-state index in [9.17, 15) is 29.1 Å². The van der Waals surface area contributed by atoms with Gasteiger partial charge in [0.15, 0.2) is 47.8 Å². The lowest BCUT2D eigenvalue weighted by Gasteiger charge is -2.24. The van der Waals surface area contributed by atoms with Crippen LogP contribution < -0.4 is 11.1 Å². The van der Waals surface area contributed by atoms with Crippen LogP contribution in [0, 0.1) is 0 Å². The summed E-state index contributed by atoms with van der Waals surface area (Å²) in [6.07, 6.45) is -6.40. The fourth-order valence-corrected chi connectivity index (χ4v) is 6.58. The molecule has 6 rings (SSSR count). The number of anilines is 2. The average molecular weight is 674 g/mol. The minimum atomic E-state index is -5.04. The number of aliphatic hydroxyl groups excluding tert-OH is 2. The molecule has 2 unspecified atom stereocenters. The quantitative estimate of drug-likeness (QED) is 0.101. The Hall–Kier alpha value is -3.24. The summed E-state index contributed by atoms with van der Waals surface area (Å²) in [7, 11) is -5.81. The van der Waals surface area contributed by atoms with Crippen molar-refractivity contribution in [3.63, 3.8) is 0 Å². The lowest BCUT2D eigenvalue weighted by Crippen LogP contribution is -2.36. The summed E-state index contributed by atoms with van der Waals surface area (Å²) in [6.45, 7) is -0.766. The summed E-state index contributed by atoms with van der Waals surface area (Å²) >= 11 is 0. The van der Waals surface area contributed by atoms with E-state index in [2.05, 4.69) is 35.2 Å². The number of hydrogen-bond donors (Lipinski definition) is 6. The van der Waals surface area contributed by atoms with Gasteiger partial charge in [-0.25, -0.2) is 34.5 Å². The second-order valence-electron chi connectivity index (χ2n) is 9.74. The predicted octanol–water partition coefficient (Wildman–Crippen LogP) is -1.32. The van der Waals surface area contributed by atoms with E-state index in [1.54, 1.807) is 7.05 Å². The van der Waals surface area contributed by atoms with E-state index in [-0.39, 0.29) is 22.6 Å². The molecule has 4 aromatic rings. The first-order valence-electron chi connectivity index (χ1n) is 13.1. The first kappa shape index (κ1) is 31.7. The number of aliphatic hydroxyl groups is 2. The topological polar surface area (TPSA) is 296 Å². The SMILES string of the molecule is CNc1ncnc2c1ncn2[C@@H]1O[C@H](COP(=O)(O)O[C@H]2[C@@H](OC)O[C@@H](n3cnc4c(N)ncnc43)[C@H]2O)[C@H](O[PH](=O)O)[C@@H]1O. The summed E-state index contributed by atoms with van der Waals surface area (Å²) < 4.78 is 59.5. The van der Waals surface area contributed by atoms with Crippen LogP contribution in [0.4, 0.5) is 11.6 Å². The highest BCUT2D eigenvalue weighted by molar-refractivity contribution is 7.47. The molecule has 24 heteroatoms. The maximum Gasteiger partial charge on any atom is 0.472 e. The Morgan fingerprint density at radius 3 is 2.29 bits per heavy atom. The second kappa shape index (κ2) is 12.5. The molecule has 4 aromatic heterocycles. The van der Waals surface area contributed by atoms with Crippen LogP contribution in [0.1, 0.15) is 12.5 Å². The fraction of sp³-hybridized carbons (Fsp3) is 0.524. The zero-order valence-electron chi connectivity index (χ0n) is 23.3. The van der Waals surface area contributed by atoms with Crippen molar-refractivity contribution in [1.29, 1.82) is 0 Å². The summed E-state index contributed by atoms with van der Waals surface area (Å²) in [5.74, 6) is 0.481. The van der Waals surface area contributed by atoms with Crippen molar-refractivity contribution in [1.82, 2.24) is 39.0 Å². The Kier molecular flexibility index (Phi) is 8.82. The number of ether oxygens (including phenoxy) is 3. The highest BCUT2D eigenvalue weighted by atomic mass is 31.2. The summed E-state index contributed by atoms with van der Waals surface area (Å²) in [5, 5.41) is 24.9. The van der Waals surface area contributed by atoms with Crippen LogP contribution in [-0.2, 0) is 36.9 Å². The molecule has 45 heavy (non-hydrogen) atoms. The second-order valence-corrected chi connectivity index (χ2v) is 11.9. The number of aromatic nitrogens is 8. The average Bonchev–Trinajstić information content (AvgIpc) is 3.77. The zero-order chi connectivity index (χ0) is 32.0. The fourth-order valence-electron chi connectivity index (χ4n) is 5.13. The number of phosphoric acid groups is 1. The van der Waals surface area contributed by atoms with Crippen LogP contribution in [-0.4, -0.2) is 117 Å². The van der Waals surface area contributed by atoms with Crippen molar-refractivity contribution in [2.75, 3.05) is 31.8 Å². The van der Waals surface area contributed by atoms with Crippen molar-refractivity contribution in [2.24, 2.45) is 0 Å². The number of nitrogen functional groups attached to an aromatic ring is 1. The van der Waals surface area contributed by atoms with E-state index in [4.69, 9.17) is 33.5 Å². The molecule has 0 aromatic carbocycles. The predicted molar refractivity (Wildman–Crippen MR) is 148 cm³/mol. The van der Waals surface area contributed by atoms with Crippen LogP contribution in [0.15, 0.2) is 25.3 Å². The van der Waals surface area contributed by atoms with Crippen LogP contribution >= 0.6 is 16.1 Å². The molecule has 0 saturated carbocycles. The zero-order valence-corrected chi connectivity index (χ0v) is 25.2. The van der Waals surface area contributed by atoms with E-state index in [0.717, 1.165) is 0 Å². The first-order chi connectivity index (χ1) is 21.5. The van der Waals surface area contributed by atoms with Gasteiger partial charge in [-0.1, -0.05) is 0 Å². The van der Waals surface area contributed by atoms with Crippen molar-refractivity contribution in [3.8, 4) is 0 Å². The standard InChI is InChI=1S/C21H28N10O12P2/c1-23-16-10-18(27-5-25-16)31(7-29-10)19-11(32)13(42-44(34)35)8(40-19)3-39-45(36,37)43-14-12(33)20(41-21(14)38-2)30-6-28-9-15(22)24-4-26-17(9)30/h4-8,11-14,19-21,32-33,44H,3H2,1-2H3,(H,34,35)(H,36,37)(H2,22,24,26)(H,23,25,27)/t8-,11+,12+,13+,14-,19-,20-,21+/m1/s1. The molecule has 244 valence electrons. The molecule has 0 radical (unpaired) electrons. The number of nitrogens with zero attached hydrogens (tertiary/aromatic N) is 8. The Morgan fingerprint density at radius 2 is 1.62 bits per heavy atom. The van der Waals surface area contributed by atoms with E-state index >= 15 is 0 Å². The van der Waals surface area contributed by atoms with Crippen molar-refractivity contribution in [3.05, 3.63) is 25.3 Å². The Balaban J connectivity index is 1.18. The molecule has 0 amide bonds. The molecule has 0 aliphatic carbocycles. The highest BCUT2D eigenvalue weighted by Gasteiger charge is 2.51. The number of fused-ring (bicyclic) bond motifs is 2. The summed E-state index contributed by atoms with van der Waals surface area (Å²) in [4.78, 5) is 44.6. The molecule has 2 saturated heterocycles. The molecule has 0 spiro atoms. The minimum Gasteiger partial charge on any atom is -0.386 e. The van der Waals surface area contributed by atoms with E-state index in [1.807, 2.05) is 0 Å². The number of hydrogen-bond acceptors (Lipinski definition) is 18. The minimum absolute atomic E-state index is 0.0861. The van der Waals surface area contributed by atoms with Crippen molar-refractivity contribution < 1.29 is 56.9 Å². The monoisotopic (exact) mass is 674 g/mol. The molecule has 2 aliphatic rings. The Morgan fingerprint density at radius 1 is 1.00 bits per heavy atom. The number of imidazole rings is 2. The van der Waals surface area contributed by atoms with Crippen LogP contribution in [0.25, 0.3) is 22.3 Å². The Bertz CT molecular complexity index is 1760. The van der Waals surface area contributed by atoms with Gasteiger partial charge in [0.1, 0.15) is 48.1 Å². The van der Waals surface area contributed by atoms with Crippen LogP contribution in [0.3, 0.4) is 0 Å². The largest absolute Gasteiger partial charge is 0.472 e.